The highest BCUT2D eigenvalue weighted by Crippen LogP contribution is 2.31. The number of halogens is 2. The van der Waals surface area contributed by atoms with Crippen LogP contribution in [0.3, 0.4) is 0 Å². The fourth-order valence-corrected chi connectivity index (χ4v) is 2.40. The van der Waals surface area contributed by atoms with Crippen molar-refractivity contribution in [3.05, 3.63) is 33.3 Å². The lowest BCUT2D eigenvalue weighted by molar-refractivity contribution is 0.0696. The van der Waals surface area contributed by atoms with Crippen molar-refractivity contribution >= 4 is 33.4 Å². The molecule has 1 aromatic rings. The molecule has 0 heterocycles. The van der Waals surface area contributed by atoms with Gasteiger partial charge in [0.05, 0.1) is 5.02 Å². The minimum Gasteiger partial charge on any atom is -0.336 e. The van der Waals surface area contributed by atoms with Crippen molar-refractivity contribution < 1.29 is 4.79 Å². The molecule has 18 heavy (non-hydrogen) atoms. The first-order valence-corrected chi connectivity index (χ1v) is 7.42. The van der Waals surface area contributed by atoms with Crippen molar-refractivity contribution in [1.82, 2.24) is 4.90 Å². The molecule has 0 aromatic heterocycles. The number of carbonyl (C=O) groups is 1. The lowest BCUT2D eigenvalue weighted by Gasteiger charge is -2.27. The maximum Gasteiger partial charge on any atom is 0.254 e. The van der Waals surface area contributed by atoms with E-state index in [1.54, 1.807) is 18.2 Å². The zero-order valence-corrected chi connectivity index (χ0v) is 13.0. The summed E-state index contributed by atoms with van der Waals surface area (Å²) in [4.78, 5) is 14.4. The van der Waals surface area contributed by atoms with Gasteiger partial charge in [-0.1, -0.05) is 11.6 Å². The van der Waals surface area contributed by atoms with Gasteiger partial charge in [0.1, 0.15) is 0 Å². The summed E-state index contributed by atoms with van der Waals surface area (Å²) in [7, 11) is 0. The fourth-order valence-electron chi connectivity index (χ4n) is 1.90. The number of hydrogen-bond acceptors (Lipinski definition) is 1. The Kier molecular flexibility index (Phi) is 4.33. The number of benzene rings is 1. The molecule has 2 nitrogen and oxygen atoms in total. The predicted molar refractivity (Wildman–Crippen MR) is 78.0 cm³/mol. The van der Waals surface area contributed by atoms with E-state index < -0.39 is 0 Å². The molecule has 0 saturated heterocycles. The molecule has 0 radical (unpaired) electrons. The van der Waals surface area contributed by atoms with Crippen LogP contribution in [0.15, 0.2) is 22.7 Å². The molecular weight excluding hydrogens is 314 g/mol. The van der Waals surface area contributed by atoms with E-state index in [-0.39, 0.29) is 11.9 Å². The van der Waals surface area contributed by atoms with Crippen molar-refractivity contribution in [3.8, 4) is 0 Å². The smallest absolute Gasteiger partial charge is 0.254 e. The number of rotatable bonds is 4. The molecule has 1 fully saturated rings. The van der Waals surface area contributed by atoms with E-state index in [1.807, 2.05) is 4.90 Å². The number of nitrogens with zero attached hydrogens (tertiary/aromatic N) is 1. The van der Waals surface area contributed by atoms with E-state index >= 15 is 0 Å². The second-order valence-electron chi connectivity index (χ2n) is 5.12. The normalized spacial score (nSPS) is 14.9. The second-order valence-corrected chi connectivity index (χ2v) is 6.39. The lowest BCUT2D eigenvalue weighted by Crippen LogP contribution is -2.38. The summed E-state index contributed by atoms with van der Waals surface area (Å²) in [5.41, 5.74) is 0.695. The van der Waals surface area contributed by atoms with Gasteiger partial charge in [0.15, 0.2) is 0 Å². The number of hydrogen-bond donors (Lipinski definition) is 0. The third-order valence-electron chi connectivity index (χ3n) is 3.20. The van der Waals surface area contributed by atoms with Gasteiger partial charge in [-0.05, 0) is 66.7 Å². The molecule has 0 spiro atoms. The third kappa shape index (κ3) is 3.27. The average Bonchev–Trinajstić information content (AvgIpc) is 3.12. The summed E-state index contributed by atoms with van der Waals surface area (Å²) >= 11 is 9.31. The molecule has 4 heteroatoms. The maximum absolute atomic E-state index is 12.5. The Bertz CT molecular complexity index is 457. The van der Waals surface area contributed by atoms with E-state index in [4.69, 9.17) is 11.6 Å². The van der Waals surface area contributed by atoms with Crippen LogP contribution in [0.1, 0.15) is 37.0 Å². The molecule has 0 atom stereocenters. The van der Waals surface area contributed by atoms with Gasteiger partial charge in [-0.3, -0.25) is 4.79 Å². The summed E-state index contributed by atoms with van der Waals surface area (Å²) in [6, 6.07) is 5.58. The summed E-state index contributed by atoms with van der Waals surface area (Å²) < 4.78 is 0.769. The highest BCUT2D eigenvalue weighted by molar-refractivity contribution is 9.10. The molecule has 0 unspecified atom stereocenters. The molecule has 0 bridgehead atoms. The standard InChI is InChI=1S/C14H17BrClNO/c1-9(2)17(8-10-3-4-10)14(18)11-5-6-13(16)12(15)7-11/h5-7,9-10H,3-4,8H2,1-2H3. The van der Waals surface area contributed by atoms with Crippen LogP contribution in [0, 0.1) is 5.92 Å². The van der Waals surface area contributed by atoms with Crippen molar-refractivity contribution in [2.75, 3.05) is 6.54 Å². The molecule has 1 amide bonds. The largest absolute Gasteiger partial charge is 0.336 e. The highest BCUT2D eigenvalue weighted by Gasteiger charge is 2.28. The minimum atomic E-state index is 0.0919. The molecule has 0 aliphatic heterocycles. The van der Waals surface area contributed by atoms with Crippen molar-refractivity contribution in [1.29, 1.82) is 0 Å². The van der Waals surface area contributed by atoms with Crippen LogP contribution in [-0.4, -0.2) is 23.4 Å². The SMILES string of the molecule is CC(C)N(CC1CC1)C(=O)c1ccc(Cl)c(Br)c1. The van der Waals surface area contributed by atoms with Gasteiger partial charge in [0, 0.05) is 22.6 Å². The molecule has 1 aliphatic carbocycles. The van der Waals surface area contributed by atoms with E-state index in [0.717, 1.165) is 11.0 Å². The van der Waals surface area contributed by atoms with Crippen LogP contribution in [0.5, 0.6) is 0 Å². The average molecular weight is 331 g/mol. The van der Waals surface area contributed by atoms with Crippen LogP contribution in [-0.2, 0) is 0 Å². The van der Waals surface area contributed by atoms with Crippen molar-refractivity contribution in [2.24, 2.45) is 5.92 Å². The molecule has 0 N–H and O–H groups in total. The Labute approximate surface area is 121 Å². The first-order chi connectivity index (χ1) is 8.49. The van der Waals surface area contributed by atoms with Gasteiger partial charge in [0.25, 0.3) is 5.91 Å². The van der Waals surface area contributed by atoms with E-state index in [1.165, 1.54) is 12.8 Å². The van der Waals surface area contributed by atoms with E-state index in [2.05, 4.69) is 29.8 Å². The monoisotopic (exact) mass is 329 g/mol. The lowest BCUT2D eigenvalue weighted by atomic mass is 10.1. The number of amides is 1. The van der Waals surface area contributed by atoms with Crippen LogP contribution in [0.2, 0.25) is 5.02 Å². The first kappa shape index (κ1) is 13.9. The Morgan fingerprint density at radius 1 is 1.50 bits per heavy atom. The van der Waals surface area contributed by atoms with Gasteiger partial charge < -0.3 is 4.90 Å². The summed E-state index contributed by atoms with van der Waals surface area (Å²) in [5, 5.41) is 0.629. The summed E-state index contributed by atoms with van der Waals surface area (Å²) in [6.07, 6.45) is 2.50. The quantitative estimate of drug-likeness (QED) is 0.803. The van der Waals surface area contributed by atoms with Gasteiger partial charge in [-0.15, -0.1) is 0 Å². The van der Waals surface area contributed by atoms with Crippen LogP contribution in [0.25, 0.3) is 0 Å². The molecule has 2 rings (SSSR count). The zero-order chi connectivity index (χ0) is 13.3. The van der Waals surface area contributed by atoms with Crippen LogP contribution < -0.4 is 0 Å². The van der Waals surface area contributed by atoms with Crippen LogP contribution in [0.4, 0.5) is 0 Å². The van der Waals surface area contributed by atoms with E-state index in [9.17, 15) is 4.79 Å². The molecular formula is C14H17BrClNO. The van der Waals surface area contributed by atoms with Crippen molar-refractivity contribution in [2.45, 2.75) is 32.7 Å². The zero-order valence-electron chi connectivity index (χ0n) is 10.6. The number of carbonyl (C=O) groups excluding carboxylic acids is 1. The Hall–Kier alpha value is -0.540. The summed E-state index contributed by atoms with van der Waals surface area (Å²) in [6.45, 7) is 4.99. The van der Waals surface area contributed by atoms with E-state index in [0.29, 0.717) is 16.5 Å². The fraction of sp³-hybridized carbons (Fsp3) is 0.500. The predicted octanol–water partition coefficient (Wildman–Crippen LogP) is 4.36. The van der Waals surface area contributed by atoms with Gasteiger partial charge in [-0.2, -0.15) is 0 Å². The Morgan fingerprint density at radius 2 is 2.17 bits per heavy atom. The molecule has 1 aromatic carbocycles. The van der Waals surface area contributed by atoms with Crippen LogP contribution >= 0.6 is 27.5 Å². The second kappa shape index (κ2) is 5.62. The molecule has 98 valence electrons. The topological polar surface area (TPSA) is 20.3 Å². The molecule has 1 saturated carbocycles. The van der Waals surface area contributed by atoms with Gasteiger partial charge in [0.2, 0.25) is 0 Å². The van der Waals surface area contributed by atoms with Gasteiger partial charge in [-0.25, -0.2) is 0 Å². The first-order valence-electron chi connectivity index (χ1n) is 6.25. The van der Waals surface area contributed by atoms with Gasteiger partial charge >= 0.3 is 0 Å². The van der Waals surface area contributed by atoms with Crippen molar-refractivity contribution in [3.63, 3.8) is 0 Å². The third-order valence-corrected chi connectivity index (χ3v) is 4.42. The Balaban J connectivity index is 2.18. The molecule has 1 aliphatic rings. The Morgan fingerprint density at radius 3 is 2.67 bits per heavy atom. The maximum atomic E-state index is 12.5. The minimum absolute atomic E-state index is 0.0919. The highest BCUT2D eigenvalue weighted by atomic mass is 79.9. The summed E-state index contributed by atoms with van der Waals surface area (Å²) in [5.74, 6) is 0.793.